The molecule has 13 heavy (non-hydrogen) atoms. The van der Waals surface area contributed by atoms with Crippen LogP contribution in [0.3, 0.4) is 0 Å². The molecule has 0 rings (SSSR count). The van der Waals surface area contributed by atoms with Gasteiger partial charge in [0.15, 0.2) is 0 Å². The molecule has 0 radical (unpaired) electrons. The van der Waals surface area contributed by atoms with Crippen molar-refractivity contribution < 1.29 is 4.74 Å². The van der Waals surface area contributed by atoms with E-state index < -0.39 is 0 Å². The van der Waals surface area contributed by atoms with Crippen molar-refractivity contribution in [1.82, 2.24) is 5.32 Å². The molecule has 0 fully saturated rings. The van der Waals surface area contributed by atoms with Gasteiger partial charge in [0.25, 0.3) is 0 Å². The van der Waals surface area contributed by atoms with E-state index in [2.05, 4.69) is 11.6 Å². The fraction of sp³-hybridized carbons (Fsp3) is 1.00. The zero-order valence-electron chi connectivity index (χ0n) is 8.71. The normalized spacial score (nSPS) is 13.2. The van der Waals surface area contributed by atoms with Crippen LogP contribution >= 0.6 is 11.8 Å². The summed E-state index contributed by atoms with van der Waals surface area (Å²) in [7, 11) is 1.72. The Bertz CT molecular complexity index is 93.6. The van der Waals surface area contributed by atoms with Gasteiger partial charge in [0, 0.05) is 26.2 Å². The van der Waals surface area contributed by atoms with Crippen molar-refractivity contribution in [2.75, 3.05) is 38.8 Å². The first kappa shape index (κ1) is 13.2. The number of nitrogens with one attached hydrogen (secondary N) is 1. The number of hydrogen-bond acceptors (Lipinski definition) is 4. The van der Waals surface area contributed by atoms with E-state index >= 15 is 0 Å². The summed E-state index contributed by atoms with van der Waals surface area (Å²) in [5, 5.41) is 3.37. The van der Waals surface area contributed by atoms with Gasteiger partial charge in [-0.15, -0.1) is 0 Å². The Morgan fingerprint density at radius 1 is 1.54 bits per heavy atom. The van der Waals surface area contributed by atoms with E-state index in [9.17, 15) is 0 Å². The maximum absolute atomic E-state index is 5.63. The van der Waals surface area contributed by atoms with E-state index in [0.29, 0.717) is 6.04 Å². The molecule has 80 valence electrons. The first-order valence-corrected chi connectivity index (χ1v) is 6.15. The van der Waals surface area contributed by atoms with Crippen LogP contribution < -0.4 is 11.1 Å². The summed E-state index contributed by atoms with van der Waals surface area (Å²) >= 11 is 1.89. The van der Waals surface area contributed by atoms with Crippen molar-refractivity contribution in [2.45, 2.75) is 18.9 Å². The smallest absolute Gasteiger partial charge is 0.0587 e. The summed E-state index contributed by atoms with van der Waals surface area (Å²) in [6, 6.07) is 0.460. The highest BCUT2D eigenvalue weighted by Crippen LogP contribution is 2.02. The highest BCUT2D eigenvalue weighted by Gasteiger charge is 2.03. The Morgan fingerprint density at radius 2 is 2.31 bits per heavy atom. The second-order valence-electron chi connectivity index (χ2n) is 3.01. The van der Waals surface area contributed by atoms with E-state index in [1.165, 1.54) is 18.6 Å². The fourth-order valence-corrected chi connectivity index (χ4v) is 1.60. The zero-order chi connectivity index (χ0) is 9.94. The monoisotopic (exact) mass is 206 g/mol. The highest BCUT2D eigenvalue weighted by atomic mass is 32.2. The van der Waals surface area contributed by atoms with Crippen LogP contribution in [-0.2, 0) is 4.74 Å². The van der Waals surface area contributed by atoms with Crippen LogP contribution in [0.5, 0.6) is 0 Å². The standard InChI is InChI=1S/C9H22N2OS/c1-12-6-5-11-9(8-10)4-3-7-13-2/h9,11H,3-8,10H2,1-2H3. The van der Waals surface area contributed by atoms with E-state index in [0.717, 1.165) is 19.7 Å². The third-order valence-electron chi connectivity index (χ3n) is 1.92. The highest BCUT2D eigenvalue weighted by molar-refractivity contribution is 7.98. The Morgan fingerprint density at radius 3 is 2.85 bits per heavy atom. The molecule has 1 unspecified atom stereocenters. The topological polar surface area (TPSA) is 47.3 Å². The largest absolute Gasteiger partial charge is 0.383 e. The molecule has 0 aromatic carbocycles. The Balaban J connectivity index is 3.28. The van der Waals surface area contributed by atoms with Crippen LogP contribution in [0.1, 0.15) is 12.8 Å². The fourth-order valence-electron chi connectivity index (χ4n) is 1.14. The van der Waals surface area contributed by atoms with Gasteiger partial charge in [0.05, 0.1) is 6.61 Å². The molecule has 0 aromatic heterocycles. The van der Waals surface area contributed by atoms with Crippen LogP contribution in [-0.4, -0.2) is 44.9 Å². The Labute approximate surface area is 85.8 Å². The van der Waals surface area contributed by atoms with Crippen LogP contribution in [0.15, 0.2) is 0 Å². The van der Waals surface area contributed by atoms with Crippen molar-refractivity contribution in [3.05, 3.63) is 0 Å². The van der Waals surface area contributed by atoms with Gasteiger partial charge in [-0.3, -0.25) is 0 Å². The van der Waals surface area contributed by atoms with Crippen molar-refractivity contribution in [3.8, 4) is 0 Å². The number of methoxy groups -OCH3 is 1. The van der Waals surface area contributed by atoms with Crippen LogP contribution in [0.25, 0.3) is 0 Å². The second-order valence-corrected chi connectivity index (χ2v) is 4.00. The molecule has 0 aliphatic heterocycles. The predicted molar refractivity (Wildman–Crippen MR) is 60.3 cm³/mol. The average molecular weight is 206 g/mol. The molecule has 3 N–H and O–H groups in total. The van der Waals surface area contributed by atoms with Gasteiger partial charge < -0.3 is 15.8 Å². The van der Waals surface area contributed by atoms with Crippen LogP contribution in [0.4, 0.5) is 0 Å². The summed E-state index contributed by atoms with van der Waals surface area (Å²) in [4.78, 5) is 0. The molecule has 0 saturated heterocycles. The third kappa shape index (κ3) is 8.56. The van der Waals surface area contributed by atoms with Gasteiger partial charge in [-0.1, -0.05) is 0 Å². The lowest BCUT2D eigenvalue weighted by molar-refractivity contribution is 0.195. The van der Waals surface area contributed by atoms with Crippen molar-refractivity contribution in [1.29, 1.82) is 0 Å². The molecule has 0 bridgehead atoms. The number of rotatable bonds is 9. The van der Waals surface area contributed by atoms with E-state index in [4.69, 9.17) is 10.5 Å². The summed E-state index contributed by atoms with van der Waals surface area (Å²) < 4.78 is 4.95. The summed E-state index contributed by atoms with van der Waals surface area (Å²) in [6.07, 6.45) is 4.54. The van der Waals surface area contributed by atoms with E-state index in [1.54, 1.807) is 7.11 Å². The molecule has 0 aliphatic carbocycles. The first-order valence-electron chi connectivity index (χ1n) is 4.76. The Hall–Kier alpha value is 0.230. The van der Waals surface area contributed by atoms with Crippen LogP contribution in [0.2, 0.25) is 0 Å². The van der Waals surface area contributed by atoms with Gasteiger partial charge in [-0.2, -0.15) is 11.8 Å². The Kier molecular flexibility index (Phi) is 10.5. The molecule has 4 heteroatoms. The first-order chi connectivity index (χ1) is 6.35. The summed E-state index contributed by atoms with van der Waals surface area (Å²) in [5.41, 5.74) is 5.63. The SMILES string of the molecule is COCCNC(CN)CCCSC. The molecule has 1 atom stereocenters. The summed E-state index contributed by atoms with van der Waals surface area (Å²) in [5.74, 6) is 1.22. The van der Waals surface area contributed by atoms with Crippen LogP contribution in [0, 0.1) is 0 Å². The predicted octanol–water partition coefficient (Wildman–Crippen LogP) is 0.693. The molecule has 0 aromatic rings. The van der Waals surface area contributed by atoms with E-state index in [-0.39, 0.29) is 0 Å². The van der Waals surface area contributed by atoms with Gasteiger partial charge in [0.1, 0.15) is 0 Å². The van der Waals surface area contributed by atoms with Gasteiger partial charge in [-0.05, 0) is 24.9 Å². The summed E-state index contributed by atoms with van der Waals surface area (Å²) in [6.45, 7) is 2.38. The van der Waals surface area contributed by atoms with Crippen molar-refractivity contribution >= 4 is 11.8 Å². The zero-order valence-corrected chi connectivity index (χ0v) is 9.53. The van der Waals surface area contributed by atoms with E-state index in [1.807, 2.05) is 11.8 Å². The molecule has 3 nitrogen and oxygen atoms in total. The molecule has 0 aliphatic rings. The number of ether oxygens (including phenoxy) is 1. The van der Waals surface area contributed by atoms with Crippen molar-refractivity contribution in [2.24, 2.45) is 5.73 Å². The minimum atomic E-state index is 0.460. The molecular formula is C9H22N2OS. The number of thioether (sulfide) groups is 1. The molecule has 0 spiro atoms. The molecule has 0 heterocycles. The average Bonchev–Trinajstić information content (AvgIpc) is 2.16. The quantitative estimate of drug-likeness (QED) is 0.545. The number of hydrogen-bond donors (Lipinski definition) is 2. The van der Waals surface area contributed by atoms with Gasteiger partial charge >= 0.3 is 0 Å². The third-order valence-corrected chi connectivity index (χ3v) is 2.62. The second kappa shape index (κ2) is 10.3. The number of nitrogens with two attached hydrogens (primary N) is 1. The molecule has 0 saturated carbocycles. The minimum Gasteiger partial charge on any atom is -0.383 e. The lowest BCUT2D eigenvalue weighted by Crippen LogP contribution is -2.37. The van der Waals surface area contributed by atoms with Gasteiger partial charge in [-0.25, -0.2) is 0 Å². The molecule has 0 amide bonds. The lowest BCUT2D eigenvalue weighted by atomic mass is 10.2. The maximum Gasteiger partial charge on any atom is 0.0587 e. The molecular weight excluding hydrogens is 184 g/mol. The minimum absolute atomic E-state index is 0.460. The lowest BCUT2D eigenvalue weighted by Gasteiger charge is -2.15. The van der Waals surface area contributed by atoms with Gasteiger partial charge in [0.2, 0.25) is 0 Å². The van der Waals surface area contributed by atoms with Crippen molar-refractivity contribution in [3.63, 3.8) is 0 Å². The maximum atomic E-state index is 5.63.